The first kappa shape index (κ1) is 25.9. The van der Waals surface area contributed by atoms with E-state index in [-0.39, 0.29) is 11.0 Å². The summed E-state index contributed by atoms with van der Waals surface area (Å²) in [5, 5.41) is 9.14. The summed E-state index contributed by atoms with van der Waals surface area (Å²) >= 11 is 0. The Morgan fingerprint density at radius 1 is 0.838 bits per heavy atom. The molecule has 4 bridgehead atoms. The van der Waals surface area contributed by atoms with Crippen LogP contribution in [0.15, 0.2) is 42.5 Å². The first-order valence-electron chi connectivity index (χ1n) is 14.7. The van der Waals surface area contributed by atoms with Gasteiger partial charge in [-0.3, -0.25) is 0 Å². The third-order valence-corrected chi connectivity index (χ3v) is 9.08. The number of carboxylic acid groups (broad SMARTS) is 1. The van der Waals surface area contributed by atoms with Crippen molar-refractivity contribution in [2.24, 2.45) is 17.8 Å². The standard InChI is InChI=1S/C34H42O3/c1-2-3-4-5-6-7-8-17-37-32-16-13-26(10-9-25-11-14-30(15-12-25)33(35)36)21-31(32)34-22-27-18-28(23-34)20-29(19-27)24-34/h11-16,21,27-29H,2-8,17-20,22-24H2,1H3,(H,35,36). The van der Waals surface area contributed by atoms with Crippen LogP contribution in [-0.4, -0.2) is 17.7 Å². The summed E-state index contributed by atoms with van der Waals surface area (Å²) in [7, 11) is 0. The molecule has 0 heterocycles. The molecule has 2 aromatic rings. The molecule has 4 aliphatic rings. The van der Waals surface area contributed by atoms with Crippen molar-refractivity contribution >= 4 is 5.97 Å². The molecule has 0 unspecified atom stereocenters. The van der Waals surface area contributed by atoms with E-state index in [9.17, 15) is 4.79 Å². The van der Waals surface area contributed by atoms with Gasteiger partial charge in [0.05, 0.1) is 12.2 Å². The highest BCUT2D eigenvalue weighted by atomic mass is 16.5. The Labute approximate surface area is 223 Å². The van der Waals surface area contributed by atoms with Gasteiger partial charge in [-0.25, -0.2) is 4.79 Å². The quantitative estimate of drug-likeness (QED) is 0.250. The number of hydrogen-bond donors (Lipinski definition) is 1. The number of aromatic carboxylic acids is 1. The average molecular weight is 499 g/mol. The molecule has 0 aromatic heterocycles. The van der Waals surface area contributed by atoms with Crippen molar-refractivity contribution in [3.8, 4) is 17.6 Å². The van der Waals surface area contributed by atoms with Crippen LogP contribution in [0.25, 0.3) is 0 Å². The fourth-order valence-electron chi connectivity index (χ4n) is 7.67. The Bertz CT molecular complexity index is 1100. The Morgan fingerprint density at radius 3 is 2.03 bits per heavy atom. The molecule has 0 amide bonds. The van der Waals surface area contributed by atoms with Gasteiger partial charge in [0.15, 0.2) is 0 Å². The first-order chi connectivity index (χ1) is 18.0. The largest absolute Gasteiger partial charge is 0.493 e. The van der Waals surface area contributed by atoms with E-state index in [1.54, 1.807) is 24.3 Å². The molecule has 0 aliphatic heterocycles. The van der Waals surface area contributed by atoms with Crippen LogP contribution in [0.5, 0.6) is 5.75 Å². The molecular formula is C34H42O3. The Hall–Kier alpha value is -2.73. The number of unbranched alkanes of at least 4 members (excludes halogenated alkanes) is 6. The molecule has 6 rings (SSSR count). The maximum Gasteiger partial charge on any atom is 0.335 e. The van der Waals surface area contributed by atoms with E-state index in [1.165, 1.54) is 82.6 Å². The molecule has 3 nitrogen and oxygen atoms in total. The van der Waals surface area contributed by atoms with Crippen molar-refractivity contribution in [1.29, 1.82) is 0 Å². The fourth-order valence-corrected chi connectivity index (χ4v) is 7.67. The SMILES string of the molecule is CCCCCCCCCOc1ccc(C#Cc2ccc(C(=O)O)cc2)cc1C12CC3CC(CC(C3)C1)C2. The van der Waals surface area contributed by atoms with Crippen LogP contribution in [0.4, 0.5) is 0 Å². The van der Waals surface area contributed by atoms with Crippen LogP contribution < -0.4 is 4.74 Å². The maximum atomic E-state index is 11.1. The predicted octanol–water partition coefficient (Wildman–Crippen LogP) is 8.38. The van der Waals surface area contributed by atoms with Gasteiger partial charge < -0.3 is 9.84 Å². The highest BCUT2D eigenvalue weighted by molar-refractivity contribution is 5.87. The number of carbonyl (C=O) groups is 1. The number of ether oxygens (including phenoxy) is 1. The van der Waals surface area contributed by atoms with E-state index < -0.39 is 5.97 Å². The van der Waals surface area contributed by atoms with Crippen LogP contribution in [0.1, 0.15) is 117 Å². The van der Waals surface area contributed by atoms with Crippen LogP contribution in [-0.2, 0) is 5.41 Å². The van der Waals surface area contributed by atoms with Gasteiger partial charge in [0.25, 0.3) is 0 Å². The van der Waals surface area contributed by atoms with Gasteiger partial charge in [-0.15, -0.1) is 0 Å². The van der Waals surface area contributed by atoms with Gasteiger partial charge in [-0.05, 0) is 111 Å². The molecule has 0 saturated heterocycles. The molecule has 2 aromatic carbocycles. The normalized spacial score (nSPS) is 25.5. The zero-order valence-electron chi connectivity index (χ0n) is 22.4. The fraction of sp³-hybridized carbons (Fsp3) is 0.559. The Balaban J connectivity index is 1.33. The number of carboxylic acids is 1. The summed E-state index contributed by atoms with van der Waals surface area (Å²) in [6.07, 6.45) is 17.3. The molecule has 0 atom stereocenters. The van der Waals surface area contributed by atoms with Gasteiger partial charge in [-0.1, -0.05) is 57.3 Å². The molecule has 1 N–H and O–H groups in total. The molecule has 3 heteroatoms. The summed E-state index contributed by atoms with van der Waals surface area (Å²) in [4.78, 5) is 11.1. The minimum Gasteiger partial charge on any atom is -0.493 e. The minimum absolute atomic E-state index is 0.255. The highest BCUT2D eigenvalue weighted by Crippen LogP contribution is 2.62. The molecule has 0 spiro atoms. The Kier molecular flexibility index (Phi) is 8.23. The number of rotatable bonds is 11. The monoisotopic (exact) mass is 498 g/mol. The third-order valence-electron chi connectivity index (χ3n) is 9.08. The third kappa shape index (κ3) is 6.23. The molecule has 4 fully saturated rings. The molecule has 0 radical (unpaired) electrons. The van der Waals surface area contributed by atoms with E-state index >= 15 is 0 Å². The average Bonchev–Trinajstić information content (AvgIpc) is 2.89. The number of hydrogen-bond acceptors (Lipinski definition) is 2. The van der Waals surface area contributed by atoms with Gasteiger partial charge in [0.2, 0.25) is 0 Å². The van der Waals surface area contributed by atoms with Crippen LogP contribution in [0.3, 0.4) is 0 Å². The van der Waals surface area contributed by atoms with Crippen molar-refractivity contribution < 1.29 is 14.6 Å². The summed E-state index contributed by atoms with van der Waals surface area (Å²) in [6, 6.07) is 13.4. The van der Waals surface area contributed by atoms with E-state index in [2.05, 4.69) is 37.0 Å². The van der Waals surface area contributed by atoms with Gasteiger partial charge in [-0.2, -0.15) is 0 Å². The first-order valence-corrected chi connectivity index (χ1v) is 14.7. The highest BCUT2D eigenvalue weighted by Gasteiger charge is 2.52. The van der Waals surface area contributed by atoms with Crippen LogP contribution in [0.2, 0.25) is 0 Å². The maximum absolute atomic E-state index is 11.1. The summed E-state index contributed by atoms with van der Waals surface area (Å²) < 4.78 is 6.50. The zero-order valence-corrected chi connectivity index (χ0v) is 22.4. The minimum atomic E-state index is -0.910. The molecule has 4 aliphatic carbocycles. The number of benzene rings is 2. The topological polar surface area (TPSA) is 46.5 Å². The molecule has 4 saturated carbocycles. The van der Waals surface area contributed by atoms with Gasteiger partial charge in [0.1, 0.15) is 5.75 Å². The van der Waals surface area contributed by atoms with E-state index in [0.717, 1.165) is 47.7 Å². The lowest BCUT2D eigenvalue weighted by Crippen LogP contribution is -2.48. The molecule has 37 heavy (non-hydrogen) atoms. The lowest BCUT2D eigenvalue weighted by atomic mass is 9.48. The molecule has 196 valence electrons. The van der Waals surface area contributed by atoms with Gasteiger partial charge in [0, 0.05) is 16.7 Å². The van der Waals surface area contributed by atoms with E-state index in [4.69, 9.17) is 9.84 Å². The zero-order chi connectivity index (χ0) is 25.7. The lowest BCUT2D eigenvalue weighted by molar-refractivity contribution is -0.00641. The van der Waals surface area contributed by atoms with Crippen molar-refractivity contribution in [2.45, 2.75) is 95.8 Å². The van der Waals surface area contributed by atoms with E-state index in [1.807, 2.05) is 0 Å². The van der Waals surface area contributed by atoms with Crippen LogP contribution in [0, 0.1) is 29.6 Å². The summed E-state index contributed by atoms with van der Waals surface area (Å²) in [5.41, 5.74) is 3.81. The summed E-state index contributed by atoms with van der Waals surface area (Å²) in [6.45, 7) is 3.07. The van der Waals surface area contributed by atoms with Crippen LogP contribution >= 0.6 is 0 Å². The second-order valence-electron chi connectivity index (χ2n) is 12.0. The van der Waals surface area contributed by atoms with Crippen molar-refractivity contribution in [2.75, 3.05) is 6.61 Å². The van der Waals surface area contributed by atoms with E-state index in [0.29, 0.717) is 0 Å². The lowest BCUT2D eigenvalue weighted by Gasteiger charge is -2.57. The second-order valence-corrected chi connectivity index (χ2v) is 12.0. The smallest absolute Gasteiger partial charge is 0.335 e. The second kappa shape index (κ2) is 11.8. The van der Waals surface area contributed by atoms with Crippen molar-refractivity contribution in [3.05, 3.63) is 64.7 Å². The molecular weight excluding hydrogens is 456 g/mol. The Morgan fingerprint density at radius 2 is 1.41 bits per heavy atom. The van der Waals surface area contributed by atoms with Crippen molar-refractivity contribution in [1.82, 2.24) is 0 Å². The summed E-state index contributed by atoms with van der Waals surface area (Å²) in [5.74, 6) is 9.42. The van der Waals surface area contributed by atoms with Gasteiger partial charge >= 0.3 is 5.97 Å². The van der Waals surface area contributed by atoms with Crippen molar-refractivity contribution in [3.63, 3.8) is 0 Å². The predicted molar refractivity (Wildman–Crippen MR) is 149 cm³/mol.